The lowest BCUT2D eigenvalue weighted by molar-refractivity contribution is -0.164. The van der Waals surface area contributed by atoms with Crippen LogP contribution in [0, 0.1) is 22.2 Å². The number of hydrogen-bond donors (Lipinski definition) is 2. The fourth-order valence-electron chi connectivity index (χ4n) is 5.76. The van der Waals surface area contributed by atoms with Gasteiger partial charge in [-0.2, -0.15) is 5.26 Å². The van der Waals surface area contributed by atoms with E-state index < -0.39 is 0 Å². The van der Waals surface area contributed by atoms with Gasteiger partial charge in [0, 0.05) is 47.3 Å². The first-order valence-corrected chi connectivity index (χ1v) is 12.1. The van der Waals surface area contributed by atoms with Crippen molar-refractivity contribution in [1.82, 2.24) is 5.32 Å². The minimum absolute atomic E-state index is 0.0883. The molecule has 0 atom stereocenters. The van der Waals surface area contributed by atoms with Gasteiger partial charge in [-0.1, -0.05) is 39.3 Å². The Morgan fingerprint density at radius 2 is 1.74 bits per heavy atom. The molecule has 2 aromatic carbocycles. The highest BCUT2D eigenvalue weighted by Crippen LogP contribution is 2.55. The van der Waals surface area contributed by atoms with Gasteiger partial charge in [-0.3, -0.25) is 4.79 Å². The molecule has 0 spiro atoms. The number of rotatable bonds is 5. The lowest BCUT2D eigenvalue weighted by atomic mass is 9.49. The topological polar surface area (TPSA) is 85.6 Å². The van der Waals surface area contributed by atoms with E-state index in [0.29, 0.717) is 21.9 Å². The number of amides is 1. The monoisotopic (exact) mass is 481 g/mol. The van der Waals surface area contributed by atoms with Crippen molar-refractivity contribution in [3.63, 3.8) is 0 Å². The number of carbonyl (C=O) groups excluding carboxylic acids is 1. The first kappa shape index (κ1) is 24.4. The second-order valence-electron chi connectivity index (χ2n) is 10.6. The van der Waals surface area contributed by atoms with Crippen LogP contribution in [0.4, 0.5) is 5.69 Å². The smallest absolute Gasteiger partial charge is 0.251 e. The van der Waals surface area contributed by atoms with Gasteiger partial charge in [-0.15, -0.1) is 0 Å². The van der Waals surface area contributed by atoms with Crippen LogP contribution >= 0.6 is 11.6 Å². The Labute approximate surface area is 206 Å². The van der Waals surface area contributed by atoms with Crippen molar-refractivity contribution in [2.75, 3.05) is 18.0 Å². The molecule has 1 aliphatic heterocycles. The van der Waals surface area contributed by atoms with Crippen molar-refractivity contribution in [1.29, 1.82) is 5.26 Å². The number of halogens is 1. The van der Waals surface area contributed by atoms with Crippen LogP contribution in [-0.4, -0.2) is 42.4 Å². The molecule has 2 N–H and O–H groups in total. The molecule has 180 valence electrons. The van der Waals surface area contributed by atoms with Crippen molar-refractivity contribution >= 4 is 23.2 Å². The number of carbonyl (C=O) groups is 1. The largest absolute Gasteiger partial charge is 0.489 e. The van der Waals surface area contributed by atoms with Gasteiger partial charge >= 0.3 is 0 Å². The number of nitriles is 1. The maximum absolute atomic E-state index is 13.1. The molecule has 2 aromatic rings. The molecular weight excluding hydrogens is 450 g/mol. The molecule has 4 rings (SSSR count). The Morgan fingerprint density at radius 3 is 2.29 bits per heavy atom. The van der Waals surface area contributed by atoms with Crippen molar-refractivity contribution in [3.05, 3.63) is 58.6 Å². The first-order valence-electron chi connectivity index (χ1n) is 11.7. The van der Waals surface area contributed by atoms with E-state index in [4.69, 9.17) is 21.6 Å². The summed E-state index contributed by atoms with van der Waals surface area (Å²) in [4.78, 5) is 15.3. The Balaban J connectivity index is 1.42. The third kappa shape index (κ3) is 4.47. The molecule has 1 amide bonds. The van der Waals surface area contributed by atoms with Crippen LogP contribution in [0.1, 0.15) is 56.5 Å². The maximum Gasteiger partial charge on any atom is 0.251 e. The van der Waals surface area contributed by atoms with Crippen molar-refractivity contribution < 1.29 is 14.6 Å². The second kappa shape index (κ2) is 9.13. The van der Waals surface area contributed by atoms with Gasteiger partial charge in [-0.25, -0.2) is 0 Å². The fraction of sp³-hybridized carbons (Fsp3) is 0.481. The van der Waals surface area contributed by atoms with E-state index in [0.717, 1.165) is 31.6 Å². The van der Waals surface area contributed by atoms with Crippen molar-refractivity contribution in [2.45, 2.75) is 58.8 Å². The zero-order chi connectivity index (χ0) is 24.7. The van der Waals surface area contributed by atoms with E-state index in [1.165, 1.54) is 0 Å². The molecule has 2 aliphatic rings. The lowest BCUT2D eigenvalue weighted by Gasteiger charge is -2.63. The van der Waals surface area contributed by atoms with Gasteiger partial charge in [0.05, 0.1) is 16.7 Å². The van der Waals surface area contributed by atoms with Crippen molar-refractivity contribution in [3.8, 4) is 11.8 Å². The van der Waals surface area contributed by atoms with Gasteiger partial charge in [0.25, 0.3) is 5.91 Å². The highest BCUT2D eigenvalue weighted by molar-refractivity contribution is 6.31. The number of nitrogens with one attached hydrogen (secondary N) is 1. The zero-order valence-electron chi connectivity index (χ0n) is 20.1. The SMILES string of the molecule is CC1(C)C(NC(=O)c2ccc(N3CCC(O)CC3)cc2)C(C)(C)C1Oc1ccc(C#N)c(Cl)c1. The van der Waals surface area contributed by atoms with Gasteiger partial charge in [-0.05, 0) is 49.2 Å². The number of aliphatic hydroxyl groups is 1. The molecule has 0 radical (unpaired) electrons. The molecule has 6 nitrogen and oxygen atoms in total. The van der Waals surface area contributed by atoms with Crippen molar-refractivity contribution in [2.24, 2.45) is 10.8 Å². The molecule has 1 saturated heterocycles. The first-order chi connectivity index (χ1) is 16.0. The summed E-state index contributed by atoms with van der Waals surface area (Å²) in [7, 11) is 0. The second-order valence-corrected chi connectivity index (χ2v) is 11.0. The summed E-state index contributed by atoms with van der Waals surface area (Å²) in [6.07, 6.45) is 1.18. The average Bonchev–Trinajstić information content (AvgIpc) is 2.81. The zero-order valence-corrected chi connectivity index (χ0v) is 20.9. The average molecular weight is 482 g/mol. The third-order valence-corrected chi connectivity index (χ3v) is 7.70. The number of nitrogens with zero attached hydrogens (tertiary/aromatic N) is 2. The van der Waals surface area contributed by atoms with Crippen LogP contribution in [0.25, 0.3) is 0 Å². The number of aliphatic hydroxyl groups excluding tert-OH is 1. The highest BCUT2D eigenvalue weighted by atomic mass is 35.5. The standard InChI is InChI=1S/C27H32ClN3O3/c1-26(2)24(27(3,4)25(26)34-21-10-7-18(16-29)22(28)15-21)30-23(33)17-5-8-19(9-6-17)31-13-11-20(32)12-14-31/h5-10,15,20,24-25,32H,11-14H2,1-4H3,(H,30,33). The number of benzene rings is 2. The number of ether oxygens (including phenoxy) is 1. The molecule has 1 saturated carbocycles. The normalized spacial score (nSPS) is 23.5. The van der Waals surface area contributed by atoms with Gasteiger partial charge < -0.3 is 20.1 Å². The summed E-state index contributed by atoms with van der Waals surface area (Å²) >= 11 is 6.18. The third-order valence-electron chi connectivity index (χ3n) is 7.39. The van der Waals surface area contributed by atoms with E-state index in [2.05, 4.69) is 44.0 Å². The van der Waals surface area contributed by atoms with E-state index in [-0.39, 0.29) is 35.0 Å². The number of anilines is 1. The van der Waals surface area contributed by atoms with Crippen LogP contribution < -0.4 is 15.0 Å². The highest BCUT2D eigenvalue weighted by Gasteiger charge is 2.64. The van der Waals surface area contributed by atoms with Gasteiger partial charge in [0.1, 0.15) is 17.9 Å². The molecule has 34 heavy (non-hydrogen) atoms. The summed E-state index contributed by atoms with van der Waals surface area (Å²) in [5.74, 6) is 0.507. The van der Waals surface area contributed by atoms with E-state index in [9.17, 15) is 9.90 Å². The molecule has 0 bridgehead atoms. The van der Waals surface area contributed by atoms with E-state index in [1.807, 2.05) is 24.3 Å². The van der Waals surface area contributed by atoms with Crippen LogP contribution in [-0.2, 0) is 0 Å². The Morgan fingerprint density at radius 1 is 1.12 bits per heavy atom. The fourth-order valence-corrected chi connectivity index (χ4v) is 5.97. The predicted molar refractivity (Wildman–Crippen MR) is 133 cm³/mol. The van der Waals surface area contributed by atoms with E-state index >= 15 is 0 Å². The van der Waals surface area contributed by atoms with Crippen LogP contribution in [0.5, 0.6) is 5.75 Å². The summed E-state index contributed by atoms with van der Waals surface area (Å²) in [5.41, 5.74) is 1.48. The summed E-state index contributed by atoms with van der Waals surface area (Å²) in [6, 6.07) is 14.7. The molecular formula is C27H32ClN3O3. The Bertz CT molecular complexity index is 1080. The minimum Gasteiger partial charge on any atom is -0.489 e. The number of piperidine rings is 1. The number of hydrogen-bond acceptors (Lipinski definition) is 5. The maximum atomic E-state index is 13.1. The van der Waals surface area contributed by atoms with Crippen LogP contribution in [0.2, 0.25) is 5.02 Å². The molecule has 7 heteroatoms. The lowest BCUT2D eigenvalue weighted by Crippen LogP contribution is -2.74. The molecule has 2 fully saturated rings. The van der Waals surface area contributed by atoms with E-state index in [1.54, 1.807) is 18.2 Å². The molecule has 0 aromatic heterocycles. The summed E-state index contributed by atoms with van der Waals surface area (Å²) < 4.78 is 6.30. The molecule has 1 aliphatic carbocycles. The molecule has 1 heterocycles. The summed E-state index contributed by atoms with van der Waals surface area (Å²) in [6.45, 7) is 10.0. The Hall–Kier alpha value is -2.75. The van der Waals surface area contributed by atoms with Crippen LogP contribution in [0.15, 0.2) is 42.5 Å². The minimum atomic E-state index is -0.311. The summed E-state index contributed by atoms with van der Waals surface area (Å²) in [5, 5.41) is 22.4. The Kier molecular flexibility index (Phi) is 6.54. The van der Waals surface area contributed by atoms with Crippen LogP contribution in [0.3, 0.4) is 0 Å². The predicted octanol–water partition coefficient (Wildman–Crippen LogP) is 4.78. The van der Waals surface area contributed by atoms with Gasteiger partial charge in [0.15, 0.2) is 0 Å². The molecule has 0 unspecified atom stereocenters. The van der Waals surface area contributed by atoms with Gasteiger partial charge in [0.2, 0.25) is 0 Å². The quantitative estimate of drug-likeness (QED) is 0.641.